The quantitative estimate of drug-likeness (QED) is 0.0381. The highest BCUT2D eigenvalue weighted by Crippen LogP contribution is 2.47. The van der Waals surface area contributed by atoms with Crippen LogP contribution in [-0.4, -0.2) is 11.9 Å². The smallest absolute Gasteiger partial charge is 0.309 e. The molecule has 6 aromatic rings. The number of hydrogen-bond donors (Lipinski definition) is 0. The van der Waals surface area contributed by atoms with Crippen LogP contribution in [0.3, 0.4) is 0 Å². The number of thiophene rings is 6. The summed E-state index contributed by atoms with van der Waals surface area (Å²) in [5.41, 5.74) is 0. The van der Waals surface area contributed by atoms with E-state index in [9.17, 15) is 9.59 Å². The number of rotatable bonds is 27. The fraction of sp³-hybridized carbons (Fsp3) is 0.500. The number of carbonyl (C=O) groups is 2. The number of unbranched alkanes of at least 4 members (excludes halogenated alkanes) is 6. The van der Waals surface area contributed by atoms with Crippen LogP contribution in [0.2, 0.25) is 0 Å². The molecule has 0 aliphatic heterocycles. The minimum Gasteiger partial charge on any atom is -0.456 e. The van der Waals surface area contributed by atoms with Gasteiger partial charge in [-0.15, -0.1) is 68.0 Å². The van der Waals surface area contributed by atoms with Crippen LogP contribution in [0.15, 0.2) is 72.8 Å². The summed E-state index contributed by atoms with van der Waals surface area (Å²) >= 11 is 10.9. The molecule has 0 bridgehead atoms. The van der Waals surface area contributed by atoms with Crippen molar-refractivity contribution >= 4 is 80.0 Å². The summed E-state index contributed by atoms with van der Waals surface area (Å²) in [5.74, 6) is -0.0128. The zero-order valence-electron chi connectivity index (χ0n) is 37.6. The zero-order chi connectivity index (χ0) is 43.8. The molecular formula is C52H66O4S6. The van der Waals surface area contributed by atoms with E-state index in [4.69, 9.17) is 9.47 Å². The van der Waals surface area contributed by atoms with Crippen molar-refractivity contribution in [2.24, 2.45) is 11.8 Å². The molecule has 4 unspecified atom stereocenters. The molecule has 0 aliphatic rings. The minimum atomic E-state index is -0.194. The molecule has 4 atom stereocenters. The molecular weight excluding hydrogens is 881 g/mol. The van der Waals surface area contributed by atoms with Crippen molar-refractivity contribution in [1.29, 1.82) is 0 Å². The predicted octanol–water partition coefficient (Wildman–Crippen LogP) is 19.2. The Morgan fingerprint density at radius 1 is 0.371 bits per heavy atom. The first-order valence-corrected chi connectivity index (χ1v) is 28.2. The topological polar surface area (TPSA) is 52.6 Å². The highest BCUT2D eigenvalue weighted by atomic mass is 32.1. The maximum absolute atomic E-state index is 13.3. The Kier molecular flexibility index (Phi) is 19.6. The van der Waals surface area contributed by atoms with E-state index in [0.29, 0.717) is 0 Å². The van der Waals surface area contributed by atoms with Gasteiger partial charge in [-0.3, -0.25) is 9.59 Å². The van der Waals surface area contributed by atoms with Gasteiger partial charge >= 0.3 is 11.9 Å². The second-order valence-electron chi connectivity index (χ2n) is 16.4. The minimum absolute atomic E-state index is 0.00806. The van der Waals surface area contributed by atoms with Crippen LogP contribution in [0.4, 0.5) is 0 Å². The molecule has 0 radical (unpaired) electrons. The highest BCUT2D eigenvalue weighted by Gasteiger charge is 2.26. The summed E-state index contributed by atoms with van der Waals surface area (Å²) in [6.45, 7) is 13.0. The monoisotopic (exact) mass is 946 g/mol. The molecule has 0 aliphatic carbocycles. The van der Waals surface area contributed by atoms with E-state index in [0.717, 1.165) is 99.6 Å². The van der Waals surface area contributed by atoms with Gasteiger partial charge in [-0.2, -0.15) is 0 Å². The van der Waals surface area contributed by atoms with Gasteiger partial charge in [0, 0.05) is 58.5 Å². The van der Waals surface area contributed by atoms with Crippen LogP contribution in [0.5, 0.6) is 0 Å². The van der Waals surface area contributed by atoms with E-state index in [1.54, 1.807) is 22.7 Å². The first-order valence-electron chi connectivity index (χ1n) is 23.3. The molecule has 4 nitrogen and oxygen atoms in total. The van der Waals surface area contributed by atoms with Crippen molar-refractivity contribution in [2.45, 2.75) is 156 Å². The first kappa shape index (κ1) is 48.6. The zero-order valence-corrected chi connectivity index (χ0v) is 42.5. The largest absolute Gasteiger partial charge is 0.456 e. The first-order chi connectivity index (χ1) is 30.3. The maximum atomic E-state index is 13.3. The van der Waals surface area contributed by atoms with Crippen molar-refractivity contribution in [3.63, 3.8) is 0 Å². The van der Waals surface area contributed by atoms with E-state index in [1.807, 2.05) is 45.3 Å². The molecule has 10 heteroatoms. The van der Waals surface area contributed by atoms with Gasteiger partial charge in [0.1, 0.15) is 12.2 Å². The predicted molar refractivity (Wildman–Crippen MR) is 273 cm³/mol. The van der Waals surface area contributed by atoms with Gasteiger partial charge < -0.3 is 9.47 Å². The molecule has 0 amide bonds. The van der Waals surface area contributed by atoms with Gasteiger partial charge in [-0.1, -0.05) is 106 Å². The third kappa shape index (κ3) is 13.1. The molecule has 0 aromatic carbocycles. The van der Waals surface area contributed by atoms with Crippen molar-refractivity contribution in [3.8, 4) is 48.8 Å². The Bertz CT molecular complexity index is 2090. The van der Waals surface area contributed by atoms with Gasteiger partial charge in [-0.05, 0) is 111 Å². The second-order valence-corrected chi connectivity index (χ2v) is 23.0. The van der Waals surface area contributed by atoms with Crippen molar-refractivity contribution in [3.05, 3.63) is 82.6 Å². The summed E-state index contributed by atoms with van der Waals surface area (Å²) < 4.78 is 12.4. The molecule has 62 heavy (non-hydrogen) atoms. The highest BCUT2D eigenvalue weighted by molar-refractivity contribution is 7.30. The Labute approximate surface area is 395 Å². The number of hydrogen-bond acceptors (Lipinski definition) is 10. The molecule has 0 spiro atoms. The third-order valence-electron chi connectivity index (χ3n) is 11.6. The van der Waals surface area contributed by atoms with Crippen LogP contribution >= 0.6 is 68.0 Å². The second kappa shape index (κ2) is 25.0. The van der Waals surface area contributed by atoms with E-state index in [1.165, 1.54) is 61.6 Å². The summed E-state index contributed by atoms with van der Waals surface area (Å²) in [7, 11) is 0. The van der Waals surface area contributed by atoms with Crippen molar-refractivity contribution in [1.82, 2.24) is 0 Å². The lowest BCUT2D eigenvalue weighted by Gasteiger charge is -2.20. The van der Waals surface area contributed by atoms with Crippen LogP contribution < -0.4 is 0 Å². The van der Waals surface area contributed by atoms with Gasteiger partial charge in [0.15, 0.2) is 0 Å². The van der Waals surface area contributed by atoms with E-state index in [-0.39, 0.29) is 36.0 Å². The van der Waals surface area contributed by atoms with E-state index < -0.39 is 0 Å². The SMILES string of the molecule is CCCCCC(CCCC)C(=O)OC(CC)c1ccc(-c2ccc(-c3ccc(-c4ccc(-c5ccc(-c6ccc(C(CC)OC(=O)C(CCCC)CCCCC)s6)s5)s4)s3)s2)s1. The van der Waals surface area contributed by atoms with Crippen molar-refractivity contribution < 1.29 is 19.1 Å². The normalized spacial score (nSPS) is 13.6. The summed E-state index contributed by atoms with van der Waals surface area (Å²) in [6, 6.07) is 26.7. The molecule has 334 valence electrons. The Balaban J connectivity index is 1.07. The lowest BCUT2D eigenvalue weighted by molar-refractivity contribution is -0.156. The Hall–Kier alpha value is -2.86. The fourth-order valence-electron chi connectivity index (χ4n) is 7.83. The summed E-state index contributed by atoms with van der Waals surface area (Å²) in [4.78, 5) is 41.6. The van der Waals surface area contributed by atoms with Gasteiger partial charge in [0.25, 0.3) is 0 Å². The fourth-order valence-corrected chi connectivity index (χ4v) is 14.5. The average Bonchev–Trinajstić information content (AvgIpc) is 4.14. The lowest BCUT2D eigenvalue weighted by Crippen LogP contribution is -2.20. The molecule has 0 saturated heterocycles. The number of carbonyl (C=O) groups excluding carboxylic acids is 2. The number of ether oxygens (including phenoxy) is 2. The van der Waals surface area contributed by atoms with Crippen molar-refractivity contribution in [2.75, 3.05) is 0 Å². The molecule has 0 fully saturated rings. The molecule has 6 rings (SSSR count). The van der Waals surface area contributed by atoms with Crippen LogP contribution in [0.25, 0.3) is 48.8 Å². The Morgan fingerprint density at radius 2 is 0.629 bits per heavy atom. The maximum Gasteiger partial charge on any atom is 0.309 e. The standard InChI is InChI=1S/C52H66O4S6/c1-7-13-17-21-35(19-15-9-3)51(53)55-37(11-5)39-23-25-41(57-39)43-27-29-45(59-43)47-31-33-49(61-47)50-34-32-48(62-50)46-30-28-44(60-46)42-26-24-40(58-42)38(12-6)56-52(54)36(20-16-10-4)22-18-14-8-2/h23-38H,7-22H2,1-6H3. The summed E-state index contributed by atoms with van der Waals surface area (Å²) in [6.07, 6.45) is 16.1. The lowest BCUT2D eigenvalue weighted by atomic mass is 9.95. The number of esters is 2. The van der Waals surface area contributed by atoms with Gasteiger partial charge in [0.2, 0.25) is 0 Å². The van der Waals surface area contributed by atoms with Crippen LogP contribution in [-0.2, 0) is 19.1 Å². The molecule has 6 heterocycles. The van der Waals surface area contributed by atoms with Crippen LogP contribution in [0, 0.1) is 11.8 Å². The molecule has 0 N–H and O–H groups in total. The van der Waals surface area contributed by atoms with E-state index in [2.05, 4.69) is 114 Å². The summed E-state index contributed by atoms with van der Waals surface area (Å²) in [5, 5.41) is 0. The van der Waals surface area contributed by atoms with Gasteiger partial charge in [-0.25, -0.2) is 0 Å². The molecule has 0 saturated carbocycles. The average molecular weight is 947 g/mol. The van der Waals surface area contributed by atoms with Gasteiger partial charge in [0.05, 0.1) is 11.8 Å². The molecule has 6 aromatic heterocycles. The Morgan fingerprint density at radius 3 is 0.903 bits per heavy atom. The van der Waals surface area contributed by atoms with E-state index >= 15 is 0 Å². The third-order valence-corrected chi connectivity index (χ3v) is 19.3. The van der Waals surface area contributed by atoms with Crippen LogP contribution in [0.1, 0.15) is 166 Å².